The molecule has 2 N–H and O–H groups in total. The predicted octanol–water partition coefficient (Wildman–Crippen LogP) is 4.94. The topological polar surface area (TPSA) is 66.0 Å². The maximum atomic E-state index is 4.65. The van der Waals surface area contributed by atoms with Crippen LogP contribution in [0.4, 0.5) is 29.2 Å². The van der Waals surface area contributed by atoms with Gasteiger partial charge in [-0.05, 0) is 49.1 Å². The standard InChI is InChI=1S/C21H24N6.ClH/c1-2-16-10-12-18(13-11-16)23-20-24-19(22-17-8-4-3-5-9-17)25-21(26-20)27-14-6-7-15-27;/h3-5,8-13H,2,6-7,14-15H2,1H3,(H2,22,23,24,25,26);1H. The Balaban J connectivity index is 0.00000225. The second kappa shape index (κ2) is 9.37. The Hall–Kier alpha value is -2.86. The van der Waals surface area contributed by atoms with Crippen molar-refractivity contribution in [3.8, 4) is 0 Å². The SMILES string of the molecule is CCc1ccc(Nc2nc(Nc3ccccc3)nc(N3CCCC3)n2)cc1.Cl. The summed E-state index contributed by atoms with van der Waals surface area (Å²) in [5.41, 5.74) is 3.23. The largest absolute Gasteiger partial charge is 0.341 e. The summed E-state index contributed by atoms with van der Waals surface area (Å²) in [5.74, 6) is 1.81. The lowest BCUT2D eigenvalue weighted by atomic mass is 10.1. The molecular formula is C21H25ClN6. The first-order valence-corrected chi connectivity index (χ1v) is 9.49. The molecule has 0 spiro atoms. The van der Waals surface area contributed by atoms with Crippen molar-refractivity contribution >= 4 is 41.6 Å². The number of benzene rings is 2. The lowest BCUT2D eigenvalue weighted by Crippen LogP contribution is -2.21. The highest BCUT2D eigenvalue weighted by Gasteiger charge is 2.17. The van der Waals surface area contributed by atoms with Gasteiger partial charge in [0.05, 0.1) is 0 Å². The monoisotopic (exact) mass is 396 g/mol. The van der Waals surface area contributed by atoms with E-state index < -0.39 is 0 Å². The molecule has 7 heteroatoms. The van der Waals surface area contributed by atoms with Crippen LogP contribution in [0.5, 0.6) is 0 Å². The number of rotatable bonds is 6. The molecule has 1 aliphatic rings. The van der Waals surface area contributed by atoms with Gasteiger partial charge in [0, 0.05) is 24.5 Å². The Kier molecular flexibility index (Phi) is 6.66. The summed E-state index contributed by atoms with van der Waals surface area (Å²) >= 11 is 0. The van der Waals surface area contributed by atoms with Crippen molar-refractivity contribution in [1.82, 2.24) is 15.0 Å². The second-order valence-electron chi connectivity index (χ2n) is 6.64. The van der Waals surface area contributed by atoms with Gasteiger partial charge in [-0.1, -0.05) is 37.3 Å². The molecule has 0 unspecified atom stereocenters. The molecule has 0 aliphatic carbocycles. The minimum Gasteiger partial charge on any atom is -0.341 e. The van der Waals surface area contributed by atoms with Crippen molar-refractivity contribution in [2.75, 3.05) is 28.6 Å². The molecule has 4 rings (SSSR count). The van der Waals surface area contributed by atoms with E-state index in [1.54, 1.807) is 0 Å². The van der Waals surface area contributed by atoms with Crippen LogP contribution in [0.25, 0.3) is 0 Å². The van der Waals surface area contributed by atoms with Gasteiger partial charge in [0.25, 0.3) is 0 Å². The number of hydrogen-bond acceptors (Lipinski definition) is 6. The molecule has 0 radical (unpaired) electrons. The molecule has 0 bridgehead atoms. The number of anilines is 5. The lowest BCUT2D eigenvalue weighted by Gasteiger charge is -2.17. The van der Waals surface area contributed by atoms with Crippen molar-refractivity contribution in [1.29, 1.82) is 0 Å². The average molecular weight is 397 g/mol. The Labute approximate surface area is 171 Å². The van der Waals surface area contributed by atoms with Gasteiger partial charge in [-0.2, -0.15) is 15.0 Å². The maximum absolute atomic E-state index is 4.65. The fourth-order valence-electron chi connectivity index (χ4n) is 3.14. The molecule has 1 aromatic heterocycles. The summed E-state index contributed by atoms with van der Waals surface area (Å²) in [5, 5.41) is 6.60. The van der Waals surface area contributed by atoms with Gasteiger partial charge in [-0.25, -0.2) is 0 Å². The highest BCUT2D eigenvalue weighted by atomic mass is 35.5. The molecule has 1 aliphatic heterocycles. The summed E-state index contributed by atoms with van der Waals surface area (Å²) in [6, 6.07) is 18.3. The summed E-state index contributed by atoms with van der Waals surface area (Å²) in [6.45, 7) is 4.12. The van der Waals surface area contributed by atoms with E-state index >= 15 is 0 Å². The van der Waals surface area contributed by atoms with Crippen LogP contribution in [0, 0.1) is 0 Å². The minimum atomic E-state index is 0. The van der Waals surface area contributed by atoms with Crippen LogP contribution in [0.2, 0.25) is 0 Å². The number of aryl methyl sites for hydroxylation is 1. The van der Waals surface area contributed by atoms with E-state index in [0.29, 0.717) is 17.8 Å². The quantitative estimate of drug-likeness (QED) is 0.615. The zero-order valence-corrected chi connectivity index (χ0v) is 16.7. The third kappa shape index (κ3) is 4.89. The van der Waals surface area contributed by atoms with E-state index in [-0.39, 0.29) is 12.4 Å². The van der Waals surface area contributed by atoms with Crippen LogP contribution in [0.15, 0.2) is 54.6 Å². The molecule has 28 heavy (non-hydrogen) atoms. The van der Waals surface area contributed by atoms with Crippen molar-refractivity contribution in [2.24, 2.45) is 0 Å². The number of aromatic nitrogens is 3. The Morgan fingerprint density at radius 1 is 0.786 bits per heavy atom. The van der Waals surface area contributed by atoms with E-state index in [1.165, 1.54) is 18.4 Å². The fourth-order valence-corrected chi connectivity index (χ4v) is 3.14. The van der Waals surface area contributed by atoms with E-state index in [1.807, 2.05) is 30.3 Å². The van der Waals surface area contributed by atoms with Crippen molar-refractivity contribution in [2.45, 2.75) is 26.2 Å². The number of para-hydroxylation sites is 1. The number of nitrogens with zero attached hydrogens (tertiary/aromatic N) is 4. The first-order valence-electron chi connectivity index (χ1n) is 9.49. The molecule has 6 nitrogen and oxygen atoms in total. The van der Waals surface area contributed by atoms with Gasteiger partial charge in [0.1, 0.15) is 0 Å². The maximum Gasteiger partial charge on any atom is 0.233 e. The van der Waals surface area contributed by atoms with Gasteiger partial charge in [0.2, 0.25) is 17.8 Å². The molecule has 2 aromatic carbocycles. The second-order valence-corrected chi connectivity index (χ2v) is 6.64. The van der Waals surface area contributed by atoms with Gasteiger partial charge >= 0.3 is 0 Å². The first-order chi connectivity index (χ1) is 13.3. The van der Waals surface area contributed by atoms with Gasteiger partial charge in [-0.15, -0.1) is 12.4 Å². The average Bonchev–Trinajstić information content (AvgIpc) is 3.24. The smallest absolute Gasteiger partial charge is 0.233 e. The highest BCUT2D eigenvalue weighted by molar-refractivity contribution is 5.85. The van der Waals surface area contributed by atoms with Crippen LogP contribution in [-0.4, -0.2) is 28.0 Å². The van der Waals surface area contributed by atoms with Crippen LogP contribution in [0.1, 0.15) is 25.3 Å². The molecule has 1 saturated heterocycles. The molecule has 0 atom stereocenters. The first kappa shape index (κ1) is 19.9. The van der Waals surface area contributed by atoms with Crippen LogP contribution in [-0.2, 0) is 6.42 Å². The van der Waals surface area contributed by atoms with E-state index in [2.05, 4.69) is 61.7 Å². The van der Waals surface area contributed by atoms with E-state index in [9.17, 15) is 0 Å². The zero-order chi connectivity index (χ0) is 18.5. The van der Waals surface area contributed by atoms with Gasteiger partial charge in [-0.3, -0.25) is 0 Å². The molecule has 2 heterocycles. The van der Waals surface area contributed by atoms with Crippen molar-refractivity contribution in [3.63, 3.8) is 0 Å². The molecule has 1 fully saturated rings. The summed E-state index contributed by atoms with van der Waals surface area (Å²) < 4.78 is 0. The minimum absolute atomic E-state index is 0. The van der Waals surface area contributed by atoms with Gasteiger partial charge in [0.15, 0.2) is 0 Å². The van der Waals surface area contributed by atoms with Crippen molar-refractivity contribution in [3.05, 3.63) is 60.2 Å². The highest BCUT2D eigenvalue weighted by Crippen LogP contribution is 2.22. The third-order valence-corrected chi connectivity index (χ3v) is 4.66. The third-order valence-electron chi connectivity index (χ3n) is 4.66. The van der Waals surface area contributed by atoms with E-state index in [0.717, 1.165) is 30.9 Å². The lowest BCUT2D eigenvalue weighted by molar-refractivity contribution is 0.886. The molecule has 0 saturated carbocycles. The summed E-state index contributed by atoms with van der Waals surface area (Å²) in [4.78, 5) is 16.1. The number of nitrogens with one attached hydrogen (secondary N) is 2. The van der Waals surface area contributed by atoms with E-state index in [4.69, 9.17) is 0 Å². The Bertz CT molecular complexity index is 879. The Morgan fingerprint density at radius 3 is 1.93 bits per heavy atom. The van der Waals surface area contributed by atoms with Crippen LogP contribution >= 0.6 is 12.4 Å². The van der Waals surface area contributed by atoms with Crippen LogP contribution < -0.4 is 15.5 Å². The predicted molar refractivity (Wildman–Crippen MR) is 117 cm³/mol. The van der Waals surface area contributed by atoms with Crippen molar-refractivity contribution < 1.29 is 0 Å². The zero-order valence-electron chi connectivity index (χ0n) is 15.9. The van der Waals surface area contributed by atoms with Gasteiger partial charge < -0.3 is 15.5 Å². The summed E-state index contributed by atoms with van der Waals surface area (Å²) in [7, 11) is 0. The normalized spacial score (nSPS) is 13.1. The fraction of sp³-hybridized carbons (Fsp3) is 0.286. The molecule has 0 amide bonds. The molecule has 146 valence electrons. The summed E-state index contributed by atoms with van der Waals surface area (Å²) in [6.07, 6.45) is 3.37. The number of hydrogen-bond donors (Lipinski definition) is 2. The number of halogens is 1. The van der Waals surface area contributed by atoms with Crippen LogP contribution in [0.3, 0.4) is 0 Å². The Morgan fingerprint density at radius 2 is 1.36 bits per heavy atom. The molecule has 3 aromatic rings. The molecular weight excluding hydrogens is 372 g/mol.